The molecule has 0 aromatic carbocycles. The second kappa shape index (κ2) is 8.48. The third-order valence-electron chi connectivity index (χ3n) is 4.53. The van der Waals surface area contributed by atoms with Gasteiger partial charge in [-0.25, -0.2) is 14.6 Å². The number of aryl methyl sites for hydroxylation is 1. The van der Waals surface area contributed by atoms with E-state index in [1.807, 2.05) is 12.1 Å². The average molecular weight is 401 g/mol. The van der Waals surface area contributed by atoms with E-state index in [1.54, 1.807) is 60.7 Å². The number of carbonyl (C=O) groups is 1. The molecule has 4 rings (SSSR count). The van der Waals surface area contributed by atoms with Gasteiger partial charge in [0.25, 0.3) is 5.56 Å². The van der Waals surface area contributed by atoms with Gasteiger partial charge in [-0.15, -0.1) is 0 Å². The number of hydrogen-bond acceptors (Lipinski definition) is 6. The monoisotopic (exact) mass is 401 g/mol. The molecule has 9 heteroatoms. The van der Waals surface area contributed by atoms with Crippen molar-refractivity contribution < 1.29 is 4.79 Å². The van der Waals surface area contributed by atoms with Crippen LogP contribution in [-0.4, -0.2) is 35.6 Å². The molecule has 4 aromatic heterocycles. The zero-order chi connectivity index (χ0) is 20.9. The van der Waals surface area contributed by atoms with Crippen molar-refractivity contribution in [3.63, 3.8) is 0 Å². The number of nitrogens with zero attached hydrogens (tertiary/aromatic N) is 5. The minimum atomic E-state index is -0.350. The molecule has 9 nitrogen and oxygen atoms in total. The fourth-order valence-electron chi connectivity index (χ4n) is 3.03. The molecule has 0 saturated heterocycles. The maximum atomic E-state index is 12.5. The van der Waals surface area contributed by atoms with Crippen LogP contribution in [0.25, 0.3) is 17.3 Å². The molecule has 0 spiro atoms. The third kappa shape index (κ3) is 4.14. The minimum Gasteiger partial charge on any atom is -0.352 e. The number of rotatable bonds is 6. The summed E-state index contributed by atoms with van der Waals surface area (Å²) in [6, 6.07) is 10.8. The van der Waals surface area contributed by atoms with Crippen LogP contribution in [0.15, 0.2) is 66.0 Å². The molecule has 0 aliphatic heterocycles. The summed E-state index contributed by atoms with van der Waals surface area (Å²) in [5.41, 5.74) is 1.84. The predicted molar refractivity (Wildman–Crippen MR) is 110 cm³/mol. The number of amides is 1. The van der Waals surface area contributed by atoms with Gasteiger partial charge in [-0.2, -0.15) is 5.10 Å². The van der Waals surface area contributed by atoms with Gasteiger partial charge in [-0.3, -0.25) is 14.6 Å². The molecule has 0 saturated carbocycles. The predicted octanol–water partition coefficient (Wildman–Crippen LogP) is 1.58. The van der Waals surface area contributed by atoms with Crippen molar-refractivity contribution in [2.24, 2.45) is 0 Å². The van der Waals surface area contributed by atoms with Crippen molar-refractivity contribution in [1.82, 2.24) is 35.0 Å². The van der Waals surface area contributed by atoms with Crippen LogP contribution >= 0.6 is 0 Å². The van der Waals surface area contributed by atoms with Crippen LogP contribution in [0.4, 0.5) is 0 Å². The van der Waals surface area contributed by atoms with Crippen LogP contribution in [0.5, 0.6) is 0 Å². The van der Waals surface area contributed by atoms with Gasteiger partial charge < -0.3 is 10.3 Å². The Bertz CT molecular complexity index is 1220. The van der Waals surface area contributed by atoms with Crippen LogP contribution in [0, 0.1) is 6.92 Å². The van der Waals surface area contributed by atoms with Crippen molar-refractivity contribution in [1.29, 1.82) is 0 Å². The minimum absolute atomic E-state index is 0.0754. The number of nitrogens with one attached hydrogen (secondary N) is 2. The lowest BCUT2D eigenvalue weighted by Gasteiger charge is -2.10. The quantitative estimate of drug-likeness (QED) is 0.506. The maximum Gasteiger partial charge on any atom is 0.255 e. The molecule has 2 N–H and O–H groups in total. The van der Waals surface area contributed by atoms with E-state index >= 15 is 0 Å². The second-order valence-corrected chi connectivity index (χ2v) is 6.58. The number of pyridine rings is 2. The zero-order valence-electron chi connectivity index (χ0n) is 16.2. The fraction of sp³-hybridized carbons (Fsp3) is 0.143. The number of aromatic amines is 1. The van der Waals surface area contributed by atoms with Crippen LogP contribution in [0.1, 0.15) is 16.8 Å². The van der Waals surface area contributed by atoms with Crippen molar-refractivity contribution in [3.8, 4) is 17.3 Å². The molecule has 4 heterocycles. The average Bonchev–Trinajstić information content (AvgIpc) is 3.30. The maximum absolute atomic E-state index is 12.5. The van der Waals surface area contributed by atoms with E-state index < -0.39 is 0 Å². The molecule has 30 heavy (non-hydrogen) atoms. The van der Waals surface area contributed by atoms with Crippen LogP contribution < -0.4 is 10.9 Å². The van der Waals surface area contributed by atoms with Crippen molar-refractivity contribution >= 4 is 5.91 Å². The lowest BCUT2D eigenvalue weighted by molar-refractivity contribution is -0.120. The van der Waals surface area contributed by atoms with E-state index in [0.29, 0.717) is 28.6 Å². The van der Waals surface area contributed by atoms with Gasteiger partial charge in [0, 0.05) is 48.2 Å². The van der Waals surface area contributed by atoms with Gasteiger partial charge >= 0.3 is 0 Å². The molecule has 0 aliphatic carbocycles. The largest absolute Gasteiger partial charge is 0.352 e. The van der Waals surface area contributed by atoms with Gasteiger partial charge in [-0.05, 0) is 31.2 Å². The standard InChI is InChI=1S/C21H19N7O2/c1-14-16(21(30)27-19(26-14)17-7-2-3-8-22-17)12-18(29)24-13-15-6-4-9-23-20(15)28-11-5-10-25-28/h2-11H,12-13H2,1H3,(H,24,29)(H,26,27,30). The van der Waals surface area contributed by atoms with Crippen LogP contribution in [0.3, 0.4) is 0 Å². The van der Waals surface area contributed by atoms with E-state index in [0.717, 1.165) is 5.56 Å². The number of hydrogen-bond donors (Lipinski definition) is 2. The van der Waals surface area contributed by atoms with Gasteiger partial charge in [-0.1, -0.05) is 12.1 Å². The summed E-state index contributed by atoms with van der Waals surface area (Å²) in [6.45, 7) is 1.97. The van der Waals surface area contributed by atoms with E-state index in [9.17, 15) is 9.59 Å². The molecule has 4 aromatic rings. The van der Waals surface area contributed by atoms with Gasteiger partial charge in [0.15, 0.2) is 11.6 Å². The second-order valence-electron chi connectivity index (χ2n) is 6.58. The molecule has 0 radical (unpaired) electrons. The Balaban J connectivity index is 1.47. The molecule has 1 amide bonds. The van der Waals surface area contributed by atoms with Gasteiger partial charge in [0.05, 0.1) is 6.42 Å². The third-order valence-corrected chi connectivity index (χ3v) is 4.53. The summed E-state index contributed by atoms with van der Waals surface area (Å²) in [4.78, 5) is 40.7. The van der Waals surface area contributed by atoms with E-state index in [4.69, 9.17) is 0 Å². The molecule has 150 valence electrons. The van der Waals surface area contributed by atoms with E-state index in [2.05, 4.69) is 30.4 Å². The molecular formula is C21H19N7O2. The summed E-state index contributed by atoms with van der Waals surface area (Å²) >= 11 is 0. The van der Waals surface area contributed by atoms with Crippen LogP contribution in [0.2, 0.25) is 0 Å². The van der Waals surface area contributed by atoms with E-state index in [-0.39, 0.29) is 24.4 Å². The molecule has 0 aliphatic rings. The topological polar surface area (TPSA) is 118 Å². The highest BCUT2D eigenvalue weighted by Crippen LogP contribution is 2.12. The first-order chi connectivity index (χ1) is 14.6. The highest BCUT2D eigenvalue weighted by Gasteiger charge is 2.14. The fourth-order valence-corrected chi connectivity index (χ4v) is 3.03. The molecular weight excluding hydrogens is 382 g/mol. The SMILES string of the molecule is Cc1nc(-c2ccccn2)[nH]c(=O)c1CC(=O)NCc1cccnc1-n1cccn1. The normalized spacial score (nSPS) is 10.7. The summed E-state index contributed by atoms with van der Waals surface area (Å²) in [7, 11) is 0. The Hall–Kier alpha value is -4.14. The zero-order valence-corrected chi connectivity index (χ0v) is 16.2. The Labute approximate surface area is 171 Å². The Morgan fingerprint density at radius 2 is 1.97 bits per heavy atom. The van der Waals surface area contributed by atoms with Crippen molar-refractivity contribution in [2.75, 3.05) is 0 Å². The summed E-state index contributed by atoms with van der Waals surface area (Å²) in [5.74, 6) is 0.728. The number of aromatic nitrogens is 6. The van der Waals surface area contributed by atoms with Crippen molar-refractivity contribution in [3.05, 3.63) is 88.4 Å². The Morgan fingerprint density at radius 3 is 2.70 bits per heavy atom. The lowest BCUT2D eigenvalue weighted by Crippen LogP contribution is -2.29. The molecule has 0 bridgehead atoms. The highest BCUT2D eigenvalue weighted by molar-refractivity contribution is 5.78. The lowest BCUT2D eigenvalue weighted by atomic mass is 10.1. The van der Waals surface area contributed by atoms with Crippen LogP contribution in [-0.2, 0) is 17.8 Å². The Kier molecular flexibility index (Phi) is 5.42. The molecule has 0 unspecified atom stereocenters. The van der Waals surface area contributed by atoms with Crippen molar-refractivity contribution in [2.45, 2.75) is 19.9 Å². The summed E-state index contributed by atoms with van der Waals surface area (Å²) in [5, 5.41) is 7.02. The molecule has 0 atom stereocenters. The van der Waals surface area contributed by atoms with E-state index in [1.165, 1.54) is 0 Å². The number of H-pyrrole nitrogens is 1. The smallest absolute Gasteiger partial charge is 0.255 e. The van der Waals surface area contributed by atoms with Gasteiger partial charge in [0.1, 0.15) is 5.69 Å². The first-order valence-corrected chi connectivity index (χ1v) is 9.33. The number of carbonyl (C=O) groups excluding carboxylic acids is 1. The first-order valence-electron chi connectivity index (χ1n) is 9.33. The summed E-state index contributed by atoms with van der Waals surface area (Å²) in [6.07, 6.45) is 6.66. The summed E-state index contributed by atoms with van der Waals surface area (Å²) < 4.78 is 1.64. The first kappa shape index (κ1) is 19.2. The highest BCUT2D eigenvalue weighted by atomic mass is 16.2. The van der Waals surface area contributed by atoms with Gasteiger partial charge in [0.2, 0.25) is 5.91 Å². The molecule has 0 fully saturated rings. The Morgan fingerprint density at radius 1 is 1.10 bits per heavy atom.